The van der Waals surface area contributed by atoms with Crippen LogP contribution in [-0.4, -0.2) is 0 Å². The van der Waals surface area contributed by atoms with Crippen molar-refractivity contribution in [2.45, 2.75) is 27.7 Å². The first-order chi connectivity index (χ1) is 6.07. The quantitative estimate of drug-likeness (QED) is 0.566. The predicted octanol–water partition coefficient (Wildman–Crippen LogP) is 3.72. The van der Waals surface area contributed by atoms with E-state index < -0.39 is 0 Å². The number of hydrogen-bond donors (Lipinski definition) is 0. The zero-order chi connectivity index (χ0) is 10.0. The molecule has 0 atom stereocenters. The summed E-state index contributed by atoms with van der Waals surface area (Å²) in [5.74, 6) is 0. The van der Waals surface area contributed by atoms with Crippen LogP contribution in [0.25, 0.3) is 6.08 Å². The fourth-order valence-electron chi connectivity index (χ4n) is 1.57. The van der Waals surface area contributed by atoms with Crippen LogP contribution in [0.1, 0.15) is 27.8 Å². The van der Waals surface area contributed by atoms with Gasteiger partial charge in [-0.1, -0.05) is 12.6 Å². The lowest BCUT2D eigenvalue weighted by Gasteiger charge is -2.11. The Balaban J connectivity index is 3.55. The molecule has 1 aromatic rings. The van der Waals surface area contributed by atoms with Gasteiger partial charge in [0.25, 0.3) is 0 Å². The van der Waals surface area contributed by atoms with Gasteiger partial charge < -0.3 is 0 Å². The Hall–Kier alpha value is -1.26. The molecule has 0 heterocycles. The summed E-state index contributed by atoms with van der Waals surface area (Å²) in [6, 6.07) is 2.23. The summed E-state index contributed by atoms with van der Waals surface area (Å²) < 4.78 is 0. The minimum absolute atomic E-state index is 1.27. The van der Waals surface area contributed by atoms with Crippen molar-refractivity contribution in [1.82, 2.24) is 0 Å². The zero-order valence-electron chi connectivity index (χ0n) is 8.86. The van der Waals surface area contributed by atoms with Crippen LogP contribution in [0, 0.1) is 27.7 Å². The van der Waals surface area contributed by atoms with E-state index in [0.29, 0.717) is 0 Å². The summed E-state index contributed by atoms with van der Waals surface area (Å²) in [7, 11) is 0. The summed E-state index contributed by atoms with van der Waals surface area (Å²) in [5.41, 5.74) is 9.46. The van der Waals surface area contributed by atoms with Gasteiger partial charge in [-0.2, -0.15) is 0 Å². The zero-order valence-corrected chi connectivity index (χ0v) is 8.86. The molecule has 0 saturated carbocycles. The first kappa shape index (κ1) is 9.83. The maximum atomic E-state index is 3.62. The van der Waals surface area contributed by atoms with E-state index in [1.807, 2.05) is 6.08 Å². The van der Waals surface area contributed by atoms with E-state index in [9.17, 15) is 0 Å². The van der Waals surface area contributed by atoms with Gasteiger partial charge >= 0.3 is 0 Å². The van der Waals surface area contributed by atoms with Crippen LogP contribution >= 0.6 is 0 Å². The molecule has 0 aliphatic rings. The van der Waals surface area contributed by atoms with Crippen molar-refractivity contribution in [3.63, 3.8) is 0 Å². The Morgan fingerprint density at radius 2 is 1.54 bits per heavy atom. The van der Waals surface area contributed by atoms with Gasteiger partial charge in [-0.05, 0) is 61.6 Å². The summed E-state index contributed by atoms with van der Waals surface area (Å²) in [6.07, 6.45) is 1.96. The largest absolute Gasteiger partial charge is 0.128 e. The van der Waals surface area contributed by atoms with Crippen molar-refractivity contribution < 1.29 is 0 Å². The summed E-state index contributed by atoms with van der Waals surface area (Å²) in [5, 5.41) is 0. The SMILES string of the molecule is C=C=Cc1c(C)c(C)cc(C)c1C. The number of rotatable bonds is 1. The molecule has 0 radical (unpaired) electrons. The second-order valence-electron chi connectivity index (χ2n) is 3.52. The normalized spacial score (nSPS) is 9.54. The smallest absolute Gasteiger partial charge is 0.0116 e. The fourth-order valence-corrected chi connectivity index (χ4v) is 1.57. The molecule has 0 aliphatic heterocycles. The van der Waals surface area contributed by atoms with Crippen molar-refractivity contribution in [1.29, 1.82) is 0 Å². The predicted molar refractivity (Wildman–Crippen MR) is 59.0 cm³/mol. The molecule has 0 spiro atoms. The molecule has 0 saturated heterocycles. The van der Waals surface area contributed by atoms with Crippen LogP contribution in [0.15, 0.2) is 18.4 Å². The third-order valence-electron chi connectivity index (χ3n) is 2.67. The van der Waals surface area contributed by atoms with Crippen molar-refractivity contribution in [2.24, 2.45) is 0 Å². The standard InChI is InChI=1S/C13H16/c1-6-7-13-11(4)9(2)8-10(3)12(13)5/h7-8H,1H2,2-5H3. The molecule has 68 valence electrons. The van der Waals surface area contributed by atoms with Crippen molar-refractivity contribution in [3.8, 4) is 0 Å². The molecular formula is C13H16. The molecule has 0 amide bonds. The maximum Gasteiger partial charge on any atom is -0.0116 e. The van der Waals surface area contributed by atoms with Gasteiger partial charge in [-0.15, -0.1) is 5.73 Å². The molecular weight excluding hydrogens is 156 g/mol. The molecule has 0 aromatic heterocycles. The van der Waals surface area contributed by atoms with Gasteiger partial charge in [0.15, 0.2) is 0 Å². The van der Waals surface area contributed by atoms with E-state index in [0.717, 1.165) is 0 Å². The summed E-state index contributed by atoms with van der Waals surface area (Å²) >= 11 is 0. The highest BCUT2D eigenvalue weighted by Gasteiger charge is 2.04. The van der Waals surface area contributed by atoms with Gasteiger partial charge in [0.1, 0.15) is 0 Å². The lowest BCUT2D eigenvalue weighted by Crippen LogP contribution is -1.93. The molecule has 1 aromatic carbocycles. The highest BCUT2D eigenvalue weighted by atomic mass is 14.1. The van der Waals surface area contributed by atoms with Crippen LogP contribution in [0.2, 0.25) is 0 Å². The van der Waals surface area contributed by atoms with E-state index in [1.54, 1.807) is 0 Å². The Morgan fingerprint density at radius 1 is 1.08 bits per heavy atom. The van der Waals surface area contributed by atoms with Gasteiger partial charge in [-0.3, -0.25) is 0 Å². The molecule has 0 nitrogen and oxygen atoms in total. The second-order valence-corrected chi connectivity index (χ2v) is 3.52. The van der Waals surface area contributed by atoms with Crippen LogP contribution in [0.5, 0.6) is 0 Å². The lowest BCUT2D eigenvalue weighted by atomic mass is 9.94. The molecule has 0 bridgehead atoms. The van der Waals surface area contributed by atoms with E-state index in [1.165, 1.54) is 27.8 Å². The summed E-state index contributed by atoms with van der Waals surface area (Å²) in [6.45, 7) is 12.2. The fraction of sp³-hybridized carbons (Fsp3) is 0.308. The maximum absolute atomic E-state index is 3.62. The molecule has 1 rings (SSSR count). The van der Waals surface area contributed by atoms with Crippen molar-refractivity contribution in [3.05, 3.63) is 46.2 Å². The van der Waals surface area contributed by atoms with Crippen LogP contribution in [0.4, 0.5) is 0 Å². The molecule has 0 aliphatic carbocycles. The average molecular weight is 172 g/mol. The summed E-state index contributed by atoms with van der Waals surface area (Å²) in [4.78, 5) is 0. The van der Waals surface area contributed by atoms with Crippen LogP contribution in [-0.2, 0) is 0 Å². The first-order valence-electron chi connectivity index (χ1n) is 4.51. The van der Waals surface area contributed by atoms with E-state index in [-0.39, 0.29) is 0 Å². The van der Waals surface area contributed by atoms with Gasteiger partial charge in [0.2, 0.25) is 0 Å². The third kappa shape index (κ3) is 1.74. The minimum atomic E-state index is 1.27. The molecule has 0 heteroatoms. The highest BCUT2D eigenvalue weighted by molar-refractivity contribution is 5.60. The average Bonchev–Trinajstić information content (AvgIpc) is 2.09. The lowest BCUT2D eigenvalue weighted by molar-refractivity contribution is 1.23. The van der Waals surface area contributed by atoms with E-state index >= 15 is 0 Å². The molecule has 0 unspecified atom stereocenters. The van der Waals surface area contributed by atoms with E-state index in [4.69, 9.17) is 0 Å². The number of aryl methyl sites for hydroxylation is 2. The molecule has 0 N–H and O–H groups in total. The Kier molecular flexibility index (Phi) is 2.75. The second kappa shape index (κ2) is 3.64. The van der Waals surface area contributed by atoms with Crippen molar-refractivity contribution >= 4 is 6.08 Å². The topological polar surface area (TPSA) is 0 Å². The van der Waals surface area contributed by atoms with Crippen LogP contribution < -0.4 is 0 Å². The third-order valence-corrected chi connectivity index (χ3v) is 2.67. The minimum Gasteiger partial charge on any atom is -0.128 e. The Bertz CT molecular complexity index is 351. The van der Waals surface area contributed by atoms with Gasteiger partial charge in [0.05, 0.1) is 0 Å². The molecule has 0 fully saturated rings. The van der Waals surface area contributed by atoms with Crippen molar-refractivity contribution in [2.75, 3.05) is 0 Å². The Morgan fingerprint density at radius 3 is 1.92 bits per heavy atom. The van der Waals surface area contributed by atoms with Gasteiger partial charge in [0, 0.05) is 0 Å². The van der Waals surface area contributed by atoms with Crippen LogP contribution in [0.3, 0.4) is 0 Å². The molecule has 13 heavy (non-hydrogen) atoms. The number of benzene rings is 1. The highest BCUT2D eigenvalue weighted by Crippen LogP contribution is 2.22. The number of hydrogen-bond acceptors (Lipinski definition) is 0. The first-order valence-corrected chi connectivity index (χ1v) is 4.51. The van der Waals surface area contributed by atoms with Gasteiger partial charge in [-0.25, -0.2) is 0 Å². The monoisotopic (exact) mass is 172 g/mol. The Labute approximate surface area is 80.6 Å². The van der Waals surface area contributed by atoms with E-state index in [2.05, 4.69) is 46.1 Å².